The molecule has 0 aliphatic carbocycles. The maximum absolute atomic E-state index is 11.7. The van der Waals surface area contributed by atoms with E-state index in [9.17, 15) is 14.4 Å². The Morgan fingerprint density at radius 2 is 1.79 bits per heavy atom. The van der Waals surface area contributed by atoms with Crippen LogP contribution in [0.2, 0.25) is 0 Å². The number of nitrogens with zero attached hydrogens (tertiary/aromatic N) is 1. The lowest BCUT2D eigenvalue weighted by molar-refractivity contribution is -0.121. The molecule has 4 amide bonds. The lowest BCUT2D eigenvalue weighted by Crippen LogP contribution is -2.32. The Morgan fingerprint density at radius 1 is 1.12 bits per heavy atom. The Bertz CT molecular complexity index is 428. The van der Waals surface area contributed by atoms with Gasteiger partial charge in [-0.05, 0) is 32.6 Å². The van der Waals surface area contributed by atoms with Crippen molar-refractivity contribution >= 4 is 17.8 Å². The number of carbonyl (C=O) groups is 3. The molecule has 1 rings (SSSR count). The zero-order chi connectivity index (χ0) is 17.9. The van der Waals surface area contributed by atoms with Crippen molar-refractivity contribution in [2.75, 3.05) is 13.6 Å². The Morgan fingerprint density at radius 3 is 2.42 bits per heavy atom. The number of rotatable bonds is 12. The first kappa shape index (κ1) is 20.3. The molecular weight excluding hydrogens is 308 g/mol. The summed E-state index contributed by atoms with van der Waals surface area (Å²) in [6, 6.07) is 0.454. The summed E-state index contributed by atoms with van der Waals surface area (Å²) < 4.78 is 0. The van der Waals surface area contributed by atoms with Crippen molar-refractivity contribution in [1.29, 1.82) is 0 Å². The third-order valence-electron chi connectivity index (χ3n) is 4.57. The predicted molar refractivity (Wildman–Crippen MR) is 93.3 cm³/mol. The fraction of sp³-hybridized carbons (Fsp3) is 0.824. The molecule has 1 aliphatic heterocycles. The molecule has 0 spiro atoms. The van der Waals surface area contributed by atoms with Crippen LogP contribution in [0.25, 0.3) is 0 Å². The highest BCUT2D eigenvalue weighted by Crippen LogP contribution is 2.18. The van der Waals surface area contributed by atoms with Gasteiger partial charge in [0.25, 0.3) is 0 Å². The van der Waals surface area contributed by atoms with Gasteiger partial charge < -0.3 is 21.3 Å². The van der Waals surface area contributed by atoms with Crippen LogP contribution in [0.1, 0.15) is 64.7 Å². The number of carbonyl (C=O) groups excluding carboxylic acids is 3. The molecule has 0 radical (unpaired) electrons. The minimum absolute atomic E-state index is 0.00251. The maximum Gasteiger partial charge on any atom is 0.317 e. The molecule has 2 atom stereocenters. The van der Waals surface area contributed by atoms with Crippen molar-refractivity contribution in [3.8, 4) is 0 Å². The fourth-order valence-corrected chi connectivity index (χ4v) is 3.06. The average Bonchev–Trinajstić information content (AvgIpc) is 2.76. The monoisotopic (exact) mass is 340 g/mol. The smallest absolute Gasteiger partial charge is 0.317 e. The molecule has 7 heteroatoms. The molecule has 1 saturated heterocycles. The minimum atomic E-state index is -0.266. The van der Waals surface area contributed by atoms with E-state index in [0.29, 0.717) is 19.4 Å². The highest BCUT2D eigenvalue weighted by atomic mass is 16.2. The third kappa shape index (κ3) is 7.66. The lowest BCUT2D eigenvalue weighted by atomic mass is 10.0. The van der Waals surface area contributed by atoms with Crippen LogP contribution >= 0.6 is 0 Å². The number of amides is 4. The standard InChI is InChI=1S/C17H32N4O3/c1-13-14(21(2)17(24)20-13)9-5-3-7-11-16(23)19-12-8-4-6-10-15(18)22/h13-14H,3-12H2,1-2H3,(H2,18,22)(H,19,23)(H,20,24)/t13-,14+/m1/s1. The van der Waals surface area contributed by atoms with Crippen LogP contribution in [0.5, 0.6) is 0 Å². The first-order valence-electron chi connectivity index (χ1n) is 9.00. The summed E-state index contributed by atoms with van der Waals surface area (Å²) in [7, 11) is 1.83. The van der Waals surface area contributed by atoms with Crippen molar-refractivity contribution in [3.63, 3.8) is 0 Å². The number of hydrogen-bond acceptors (Lipinski definition) is 3. The summed E-state index contributed by atoms with van der Waals surface area (Å²) >= 11 is 0. The van der Waals surface area contributed by atoms with Crippen LogP contribution in [0.15, 0.2) is 0 Å². The van der Waals surface area contributed by atoms with Gasteiger partial charge in [-0.15, -0.1) is 0 Å². The highest BCUT2D eigenvalue weighted by Gasteiger charge is 2.32. The van der Waals surface area contributed by atoms with Crippen LogP contribution < -0.4 is 16.4 Å². The second-order valence-corrected chi connectivity index (χ2v) is 6.64. The largest absolute Gasteiger partial charge is 0.370 e. The number of nitrogens with two attached hydrogens (primary N) is 1. The Hall–Kier alpha value is -1.79. The van der Waals surface area contributed by atoms with Crippen LogP contribution in [0.4, 0.5) is 4.79 Å². The first-order chi connectivity index (χ1) is 11.4. The van der Waals surface area contributed by atoms with Crippen molar-refractivity contribution in [1.82, 2.24) is 15.5 Å². The molecular formula is C17H32N4O3. The van der Waals surface area contributed by atoms with Gasteiger partial charge in [-0.25, -0.2) is 4.79 Å². The van der Waals surface area contributed by atoms with Crippen molar-refractivity contribution in [2.24, 2.45) is 5.73 Å². The second-order valence-electron chi connectivity index (χ2n) is 6.64. The van der Waals surface area contributed by atoms with Crippen molar-refractivity contribution in [3.05, 3.63) is 0 Å². The van der Waals surface area contributed by atoms with E-state index < -0.39 is 0 Å². The van der Waals surface area contributed by atoms with Gasteiger partial charge in [0.15, 0.2) is 0 Å². The number of unbranched alkanes of at least 4 members (excludes halogenated alkanes) is 4. The van der Waals surface area contributed by atoms with Crippen molar-refractivity contribution < 1.29 is 14.4 Å². The minimum Gasteiger partial charge on any atom is -0.370 e. The van der Waals surface area contributed by atoms with E-state index in [1.165, 1.54) is 0 Å². The van der Waals surface area contributed by atoms with Gasteiger partial charge in [-0.3, -0.25) is 9.59 Å². The van der Waals surface area contributed by atoms with E-state index in [4.69, 9.17) is 5.73 Å². The molecule has 0 saturated carbocycles. The quantitative estimate of drug-likeness (QED) is 0.469. The Labute approximate surface area is 144 Å². The van der Waals surface area contributed by atoms with Crippen LogP contribution in [0.3, 0.4) is 0 Å². The van der Waals surface area contributed by atoms with Gasteiger partial charge in [0.05, 0.1) is 6.04 Å². The summed E-state index contributed by atoms with van der Waals surface area (Å²) in [6.07, 6.45) is 7.41. The average molecular weight is 340 g/mol. The van der Waals surface area contributed by atoms with Gasteiger partial charge in [0, 0.05) is 32.5 Å². The molecule has 1 aliphatic rings. The van der Waals surface area contributed by atoms with Crippen LogP contribution in [-0.2, 0) is 9.59 Å². The number of nitrogens with one attached hydrogen (secondary N) is 2. The number of urea groups is 1. The van der Waals surface area contributed by atoms with E-state index in [1.807, 2.05) is 14.0 Å². The van der Waals surface area contributed by atoms with E-state index in [-0.39, 0.29) is 29.9 Å². The zero-order valence-corrected chi connectivity index (χ0v) is 15.0. The van der Waals surface area contributed by atoms with Crippen LogP contribution in [0, 0.1) is 0 Å². The van der Waals surface area contributed by atoms with E-state index in [2.05, 4.69) is 10.6 Å². The summed E-state index contributed by atoms with van der Waals surface area (Å²) in [4.78, 5) is 35.6. The Balaban J connectivity index is 1.96. The van der Waals surface area contributed by atoms with E-state index >= 15 is 0 Å². The van der Waals surface area contributed by atoms with Crippen LogP contribution in [-0.4, -0.2) is 48.4 Å². The van der Waals surface area contributed by atoms with Gasteiger partial charge in [0.2, 0.25) is 11.8 Å². The van der Waals surface area contributed by atoms with Gasteiger partial charge in [-0.1, -0.05) is 19.3 Å². The lowest BCUT2D eigenvalue weighted by Gasteiger charge is -2.20. The normalized spacial score (nSPS) is 20.1. The molecule has 0 aromatic carbocycles. The number of likely N-dealkylation sites (N-methyl/N-ethyl adjacent to an activating group) is 1. The first-order valence-corrected chi connectivity index (χ1v) is 9.00. The predicted octanol–water partition coefficient (Wildman–Crippen LogP) is 1.51. The summed E-state index contributed by atoms with van der Waals surface area (Å²) in [5.41, 5.74) is 5.07. The SMILES string of the molecule is C[C@H]1NC(=O)N(C)[C@H]1CCCCCC(=O)NCCCCCC(N)=O. The number of hydrogen-bond donors (Lipinski definition) is 3. The van der Waals surface area contributed by atoms with Crippen molar-refractivity contribution in [2.45, 2.75) is 76.8 Å². The highest BCUT2D eigenvalue weighted by molar-refractivity contribution is 5.77. The molecule has 7 nitrogen and oxygen atoms in total. The summed E-state index contributed by atoms with van der Waals surface area (Å²) in [5, 5.41) is 5.82. The summed E-state index contributed by atoms with van der Waals surface area (Å²) in [6.45, 7) is 2.69. The molecule has 4 N–H and O–H groups in total. The Kier molecular flexibility index (Phi) is 9.19. The fourth-order valence-electron chi connectivity index (χ4n) is 3.06. The molecule has 24 heavy (non-hydrogen) atoms. The molecule has 0 aromatic rings. The van der Waals surface area contributed by atoms with E-state index in [0.717, 1.165) is 44.9 Å². The molecule has 0 aromatic heterocycles. The van der Waals surface area contributed by atoms with Gasteiger partial charge >= 0.3 is 6.03 Å². The maximum atomic E-state index is 11.7. The number of primary amides is 1. The third-order valence-corrected chi connectivity index (χ3v) is 4.57. The van der Waals surface area contributed by atoms with E-state index in [1.54, 1.807) is 4.90 Å². The second kappa shape index (κ2) is 10.9. The topological polar surface area (TPSA) is 105 Å². The summed E-state index contributed by atoms with van der Waals surface area (Å²) in [5.74, 6) is -0.175. The molecule has 138 valence electrons. The van der Waals surface area contributed by atoms with Gasteiger partial charge in [-0.2, -0.15) is 0 Å². The molecule has 0 bridgehead atoms. The van der Waals surface area contributed by atoms with Gasteiger partial charge in [0.1, 0.15) is 0 Å². The molecule has 0 unspecified atom stereocenters. The zero-order valence-electron chi connectivity index (χ0n) is 15.0. The molecule has 1 fully saturated rings. The molecule has 1 heterocycles.